The molecule has 0 bridgehead atoms. The molecule has 2 aliphatic rings. The molecule has 0 unspecified atom stereocenters. The molecular formula is C34H30O6. The van der Waals surface area contributed by atoms with Gasteiger partial charge in [0.2, 0.25) is 22.8 Å². The number of ketones is 2. The predicted molar refractivity (Wildman–Crippen MR) is 151 cm³/mol. The average Bonchev–Trinajstić information content (AvgIpc) is 3.40. The lowest BCUT2D eigenvalue weighted by Gasteiger charge is -2.42. The summed E-state index contributed by atoms with van der Waals surface area (Å²) in [5.41, 5.74) is -2.00. The molecule has 0 spiro atoms. The van der Waals surface area contributed by atoms with Crippen molar-refractivity contribution in [1.82, 2.24) is 0 Å². The van der Waals surface area contributed by atoms with E-state index in [9.17, 15) is 9.59 Å². The number of hydrogen-bond acceptors (Lipinski definition) is 6. The van der Waals surface area contributed by atoms with Gasteiger partial charge in [-0.2, -0.15) is 0 Å². The average molecular weight is 535 g/mol. The van der Waals surface area contributed by atoms with Gasteiger partial charge in [0.05, 0.1) is 23.3 Å². The zero-order valence-electron chi connectivity index (χ0n) is 22.8. The molecule has 0 fully saturated rings. The van der Waals surface area contributed by atoms with E-state index in [4.69, 9.17) is 18.9 Å². The number of carbonyl (C=O) groups is 2. The van der Waals surface area contributed by atoms with Crippen molar-refractivity contribution in [3.8, 4) is 23.0 Å². The van der Waals surface area contributed by atoms with Gasteiger partial charge < -0.3 is 18.9 Å². The van der Waals surface area contributed by atoms with Crippen LogP contribution < -0.4 is 18.9 Å². The highest BCUT2D eigenvalue weighted by Gasteiger charge is 2.72. The lowest BCUT2D eigenvalue weighted by atomic mass is 9.68. The molecule has 6 heteroatoms. The third-order valence-corrected chi connectivity index (χ3v) is 7.16. The van der Waals surface area contributed by atoms with E-state index in [0.717, 1.165) is 0 Å². The SMILES string of the molecule is CC(C)Oc1ccc2c(c1)O[C@](c1ccccc1)([C@@]1(c3ccccc3)Oc3cc(OC(C)C)ccc3C1=O)C2=O. The summed E-state index contributed by atoms with van der Waals surface area (Å²) in [5.74, 6) is 1.06. The highest BCUT2D eigenvalue weighted by molar-refractivity contribution is 6.17. The minimum atomic E-state index is -1.86. The minimum absolute atomic E-state index is 0.0683. The summed E-state index contributed by atoms with van der Waals surface area (Å²) >= 11 is 0. The van der Waals surface area contributed by atoms with Gasteiger partial charge in [-0.1, -0.05) is 60.7 Å². The number of benzene rings is 4. The van der Waals surface area contributed by atoms with Gasteiger partial charge in [0.15, 0.2) is 0 Å². The quantitative estimate of drug-likeness (QED) is 0.257. The molecule has 4 aromatic carbocycles. The standard InChI is InChI=1S/C34H30O6/c1-21(2)37-25-15-17-27-29(19-25)39-33(31(27)35,23-11-7-5-8-12-23)34(24-13-9-6-10-14-24)32(36)28-18-16-26(38-22(3)4)20-30(28)40-34/h5-22H,1-4H3/t33-,34-/m0/s1. The smallest absolute Gasteiger partial charge is 0.247 e. The summed E-state index contributed by atoms with van der Waals surface area (Å²) in [5, 5.41) is 0. The molecule has 202 valence electrons. The van der Waals surface area contributed by atoms with E-state index in [1.165, 1.54) is 0 Å². The molecule has 6 rings (SSSR count). The van der Waals surface area contributed by atoms with E-state index >= 15 is 0 Å². The predicted octanol–water partition coefficient (Wildman–Crippen LogP) is 6.90. The van der Waals surface area contributed by atoms with Crippen LogP contribution in [0.25, 0.3) is 0 Å². The molecule has 6 nitrogen and oxygen atoms in total. The van der Waals surface area contributed by atoms with E-state index in [-0.39, 0.29) is 23.8 Å². The molecule has 2 aliphatic heterocycles. The number of fused-ring (bicyclic) bond motifs is 2. The molecule has 0 radical (unpaired) electrons. The van der Waals surface area contributed by atoms with Crippen LogP contribution in [0.3, 0.4) is 0 Å². The van der Waals surface area contributed by atoms with Crippen molar-refractivity contribution in [3.63, 3.8) is 0 Å². The van der Waals surface area contributed by atoms with E-state index in [1.807, 2.05) is 64.1 Å². The van der Waals surface area contributed by atoms with Crippen molar-refractivity contribution in [2.75, 3.05) is 0 Å². The maximum absolute atomic E-state index is 14.7. The summed E-state index contributed by atoms with van der Waals surface area (Å²) in [6, 6.07) is 28.5. The summed E-state index contributed by atoms with van der Waals surface area (Å²) < 4.78 is 25.3. The van der Waals surface area contributed by atoms with Crippen molar-refractivity contribution in [2.45, 2.75) is 51.1 Å². The molecule has 0 aromatic heterocycles. The highest BCUT2D eigenvalue weighted by Crippen LogP contribution is 2.58. The molecule has 2 heterocycles. The van der Waals surface area contributed by atoms with E-state index in [1.54, 1.807) is 60.7 Å². The molecule has 0 saturated heterocycles. The molecule has 2 atom stereocenters. The fraction of sp³-hybridized carbons (Fsp3) is 0.235. The normalized spacial score (nSPS) is 21.1. The summed E-state index contributed by atoms with van der Waals surface area (Å²) in [6.07, 6.45) is -0.137. The maximum atomic E-state index is 14.7. The van der Waals surface area contributed by atoms with Crippen LogP contribution in [0.5, 0.6) is 23.0 Å². The second-order valence-corrected chi connectivity index (χ2v) is 10.6. The van der Waals surface area contributed by atoms with Crippen LogP contribution in [0, 0.1) is 0 Å². The van der Waals surface area contributed by atoms with Crippen LogP contribution in [0.4, 0.5) is 0 Å². The lowest BCUT2D eigenvalue weighted by Crippen LogP contribution is -2.61. The van der Waals surface area contributed by atoms with Gasteiger partial charge in [-0.3, -0.25) is 9.59 Å². The molecule has 0 saturated carbocycles. The van der Waals surface area contributed by atoms with Crippen LogP contribution in [-0.2, 0) is 11.2 Å². The monoisotopic (exact) mass is 534 g/mol. The fourth-order valence-corrected chi connectivity index (χ4v) is 5.64. The Morgan fingerprint density at radius 3 is 1.27 bits per heavy atom. The summed E-state index contributed by atoms with van der Waals surface area (Å²) in [7, 11) is 0. The van der Waals surface area contributed by atoms with E-state index < -0.39 is 11.2 Å². The topological polar surface area (TPSA) is 71.1 Å². The number of ether oxygens (including phenoxy) is 4. The first-order valence-corrected chi connectivity index (χ1v) is 13.5. The Morgan fingerprint density at radius 2 is 0.925 bits per heavy atom. The van der Waals surface area contributed by atoms with Crippen LogP contribution in [0.2, 0.25) is 0 Å². The largest absolute Gasteiger partial charge is 0.491 e. The third kappa shape index (κ3) is 3.78. The molecule has 4 aromatic rings. The molecule has 0 amide bonds. The van der Waals surface area contributed by atoms with Crippen molar-refractivity contribution in [2.24, 2.45) is 0 Å². The fourth-order valence-electron chi connectivity index (χ4n) is 5.64. The first kappa shape index (κ1) is 25.7. The Bertz CT molecular complexity index is 1470. The first-order chi connectivity index (χ1) is 19.3. The summed E-state index contributed by atoms with van der Waals surface area (Å²) in [4.78, 5) is 29.4. The van der Waals surface area contributed by atoms with E-state index in [0.29, 0.717) is 45.3 Å². The first-order valence-electron chi connectivity index (χ1n) is 13.5. The Labute approximate surface area is 233 Å². The number of Topliss-reactive ketones (excluding diaryl/α,β-unsaturated/α-hetero) is 2. The lowest BCUT2D eigenvalue weighted by molar-refractivity contribution is -0.0647. The maximum Gasteiger partial charge on any atom is 0.247 e. The number of carbonyl (C=O) groups excluding carboxylic acids is 2. The van der Waals surface area contributed by atoms with Crippen molar-refractivity contribution in [1.29, 1.82) is 0 Å². The van der Waals surface area contributed by atoms with Gasteiger partial charge in [0.25, 0.3) is 0 Å². The number of hydrogen-bond donors (Lipinski definition) is 0. The second-order valence-electron chi connectivity index (χ2n) is 10.6. The van der Waals surface area contributed by atoms with Gasteiger partial charge in [-0.25, -0.2) is 0 Å². The zero-order valence-corrected chi connectivity index (χ0v) is 22.8. The van der Waals surface area contributed by atoms with Crippen LogP contribution in [0.15, 0.2) is 97.1 Å². The third-order valence-electron chi connectivity index (χ3n) is 7.16. The second kappa shape index (κ2) is 9.56. The van der Waals surface area contributed by atoms with Crippen LogP contribution in [-0.4, -0.2) is 23.8 Å². The molecular weight excluding hydrogens is 504 g/mol. The Morgan fingerprint density at radius 1 is 0.550 bits per heavy atom. The van der Waals surface area contributed by atoms with Crippen molar-refractivity contribution < 1.29 is 28.5 Å². The Kier molecular flexibility index (Phi) is 6.14. The molecule has 0 aliphatic carbocycles. The van der Waals surface area contributed by atoms with Crippen LogP contribution >= 0.6 is 0 Å². The van der Waals surface area contributed by atoms with Gasteiger partial charge in [-0.05, 0) is 52.0 Å². The van der Waals surface area contributed by atoms with Crippen molar-refractivity contribution in [3.05, 3.63) is 119 Å². The van der Waals surface area contributed by atoms with Gasteiger partial charge >= 0.3 is 0 Å². The molecule has 40 heavy (non-hydrogen) atoms. The van der Waals surface area contributed by atoms with Crippen LogP contribution in [0.1, 0.15) is 59.5 Å². The van der Waals surface area contributed by atoms with Gasteiger partial charge in [0.1, 0.15) is 23.0 Å². The van der Waals surface area contributed by atoms with Gasteiger partial charge in [0, 0.05) is 23.3 Å². The highest BCUT2D eigenvalue weighted by atomic mass is 16.6. The zero-order chi connectivity index (χ0) is 28.1. The van der Waals surface area contributed by atoms with E-state index in [2.05, 4.69) is 0 Å². The molecule has 0 N–H and O–H groups in total. The minimum Gasteiger partial charge on any atom is -0.491 e. The Hall–Kier alpha value is -4.58. The number of rotatable bonds is 7. The van der Waals surface area contributed by atoms with Gasteiger partial charge in [-0.15, -0.1) is 0 Å². The summed E-state index contributed by atoms with van der Waals surface area (Å²) in [6.45, 7) is 7.71. The Balaban J connectivity index is 1.61. The van der Waals surface area contributed by atoms with Crippen molar-refractivity contribution >= 4 is 11.6 Å².